The average molecular weight is 454 g/mol. The van der Waals surface area contributed by atoms with E-state index in [1.165, 1.54) is 12.8 Å². The van der Waals surface area contributed by atoms with Crippen molar-refractivity contribution in [3.05, 3.63) is 33.8 Å². The normalized spacial score (nSPS) is 20.2. The van der Waals surface area contributed by atoms with Crippen LogP contribution in [0.3, 0.4) is 0 Å². The Balaban J connectivity index is 1.63. The zero-order valence-electron chi connectivity index (χ0n) is 18.0. The fourth-order valence-electron chi connectivity index (χ4n) is 4.51. The molecule has 0 unspecified atom stereocenters. The van der Waals surface area contributed by atoms with Crippen molar-refractivity contribution in [2.24, 2.45) is 11.8 Å². The van der Waals surface area contributed by atoms with E-state index in [-0.39, 0.29) is 17.9 Å². The van der Waals surface area contributed by atoms with Crippen molar-refractivity contribution in [2.45, 2.75) is 52.0 Å². The molecule has 1 saturated carbocycles. The molecular weight excluding hydrogens is 421 g/mol. The van der Waals surface area contributed by atoms with E-state index in [0.29, 0.717) is 53.6 Å². The van der Waals surface area contributed by atoms with E-state index < -0.39 is 0 Å². The Morgan fingerprint density at radius 1 is 1.13 bits per heavy atom. The first kappa shape index (κ1) is 23.4. The van der Waals surface area contributed by atoms with Crippen LogP contribution in [0, 0.1) is 11.8 Å². The maximum atomic E-state index is 13.1. The molecule has 0 bridgehead atoms. The lowest BCUT2D eigenvalue weighted by Crippen LogP contribution is -2.58. The molecule has 1 saturated heterocycles. The monoisotopic (exact) mass is 453 g/mol. The summed E-state index contributed by atoms with van der Waals surface area (Å²) in [4.78, 5) is 30.1. The predicted molar refractivity (Wildman–Crippen MR) is 122 cm³/mol. The molecular formula is C23H33Cl2N3O2. The highest BCUT2D eigenvalue weighted by molar-refractivity contribution is 6.36. The Morgan fingerprint density at radius 2 is 1.80 bits per heavy atom. The van der Waals surface area contributed by atoms with Crippen LogP contribution in [0.4, 0.5) is 0 Å². The van der Waals surface area contributed by atoms with Crippen LogP contribution in [0.2, 0.25) is 10.0 Å². The van der Waals surface area contributed by atoms with Gasteiger partial charge in [0.2, 0.25) is 5.91 Å². The Morgan fingerprint density at radius 3 is 2.40 bits per heavy atom. The van der Waals surface area contributed by atoms with Crippen LogP contribution in [0.25, 0.3) is 0 Å². The molecule has 1 aliphatic carbocycles. The number of carbonyl (C=O) groups excluding carboxylic acids is 2. The zero-order chi connectivity index (χ0) is 21.7. The van der Waals surface area contributed by atoms with Crippen LogP contribution in [0.5, 0.6) is 0 Å². The van der Waals surface area contributed by atoms with Gasteiger partial charge < -0.3 is 10.2 Å². The largest absolute Gasteiger partial charge is 0.354 e. The number of halogens is 2. The lowest BCUT2D eigenvalue weighted by Gasteiger charge is -2.41. The highest BCUT2D eigenvalue weighted by Crippen LogP contribution is 2.31. The molecule has 1 aromatic rings. The van der Waals surface area contributed by atoms with Crippen LogP contribution in [-0.4, -0.2) is 60.4 Å². The lowest BCUT2D eigenvalue weighted by atomic mass is 9.94. The van der Waals surface area contributed by atoms with Crippen LogP contribution in [0.1, 0.15) is 56.3 Å². The van der Waals surface area contributed by atoms with Gasteiger partial charge in [0.1, 0.15) is 0 Å². The average Bonchev–Trinajstić information content (AvgIpc) is 3.26. The minimum Gasteiger partial charge on any atom is -0.354 e. The molecule has 30 heavy (non-hydrogen) atoms. The second-order valence-corrected chi connectivity index (χ2v) is 9.54. The zero-order valence-corrected chi connectivity index (χ0v) is 19.5. The molecule has 3 rings (SSSR count). The summed E-state index contributed by atoms with van der Waals surface area (Å²) in [5.74, 6) is 0.976. The molecule has 166 valence electrons. The van der Waals surface area contributed by atoms with Crippen molar-refractivity contribution in [1.29, 1.82) is 0 Å². The van der Waals surface area contributed by atoms with E-state index in [0.717, 1.165) is 25.8 Å². The summed E-state index contributed by atoms with van der Waals surface area (Å²) >= 11 is 12.2. The van der Waals surface area contributed by atoms with Crippen molar-refractivity contribution < 1.29 is 9.59 Å². The molecule has 5 nitrogen and oxygen atoms in total. The van der Waals surface area contributed by atoms with Crippen LogP contribution >= 0.6 is 23.2 Å². The van der Waals surface area contributed by atoms with E-state index in [9.17, 15) is 9.59 Å². The van der Waals surface area contributed by atoms with Crippen LogP contribution in [-0.2, 0) is 4.79 Å². The van der Waals surface area contributed by atoms with E-state index >= 15 is 0 Å². The SMILES string of the molecule is CC[C@H](C)CNC(=O)[C@H](C1CCCC1)N1CCN(C(=O)c2ccc(Cl)cc2Cl)CC1. The Bertz CT molecular complexity index is 744. The summed E-state index contributed by atoms with van der Waals surface area (Å²) < 4.78 is 0. The van der Waals surface area contributed by atoms with Gasteiger partial charge in [0.25, 0.3) is 5.91 Å². The predicted octanol–water partition coefficient (Wildman–Crippen LogP) is 4.47. The van der Waals surface area contributed by atoms with Gasteiger partial charge in [-0.15, -0.1) is 0 Å². The molecule has 2 atom stereocenters. The Labute approximate surface area is 190 Å². The van der Waals surface area contributed by atoms with Crippen molar-refractivity contribution in [2.75, 3.05) is 32.7 Å². The second kappa shape index (κ2) is 10.8. The number of amides is 2. The van der Waals surface area contributed by atoms with Gasteiger partial charge in [-0.3, -0.25) is 14.5 Å². The lowest BCUT2D eigenvalue weighted by molar-refractivity contribution is -0.129. The third-order valence-corrected chi connectivity index (χ3v) is 7.14. The number of piperazine rings is 1. The quantitative estimate of drug-likeness (QED) is 0.662. The highest BCUT2D eigenvalue weighted by Gasteiger charge is 2.37. The van der Waals surface area contributed by atoms with Crippen molar-refractivity contribution in [1.82, 2.24) is 15.1 Å². The molecule has 0 aromatic heterocycles. The number of benzene rings is 1. The van der Waals surface area contributed by atoms with Gasteiger partial charge in [-0.25, -0.2) is 0 Å². The topological polar surface area (TPSA) is 52.7 Å². The fraction of sp³-hybridized carbons (Fsp3) is 0.652. The molecule has 0 spiro atoms. The number of nitrogens with zero attached hydrogens (tertiary/aromatic N) is 2. The van der Waals surface area contributed by atoms with Crippen molar-refractivity contribution in [3.63, 3.8) is 0 Å². The maximum absolute atomic E-state index is 13.1. The molecule has 1 heterocycles. The first-order valence-electron chi connectivity index (χ1n) is 11.2. The molecule has 2 amide bonds. The molecule has 1 aromatic carbocycles. The van der Waals surface area contributed by atoms with Gasteiger partial charge in [-0.2, -0.15) is 0 Å². The summed E-state index contributed by atoms with van der Waals surface area (Å²) in [7, 11) is 0. The number of nitrogens with one attached hydrogen (secondary N) is 1. The Kier molecular flexibility index (Phi) is 8.44. The standard InChI is InChI=1S/C23H33Cl2N3O2/c1-3-16(2)15-26-22(29)21(17-6-4-5-7-17)27-10-12-28(13-11-27)23(30)19-9-8-18(24)14-20(19)25/h8-9,14,16-17,21H,3-7,10-13,15H2,1-2H3,(H,26,29)/t16-,21-/m0/s1. The third-order valence-electron chi connectivity index (χ3n) is 6.59. The van der Waals surface area contributed by atoms with E-state index in [4.69, 9.17) is 23.2 Å². The number of hydrogen-bond acceptors (Lipinski definition) is 3. The van der Waals surface area contributed by atoms with Gasteiger partial charge in [0.15, 0.2) is 0 Å². The minimum absolute atomic E-state index is 0.0741. The summed E-state index contributed by atoms with van der Waals surface area (Å²) in [6.07, 6.45) is 5.69. The summed E-state index contributed by atoms with van der Waals surface area (Å²) in [6.45, 7) is 7.64. The van der Waals surface area contributed by atoms with Crippen molar-refractivity contribution >= 4 is 35.0 Å². The summed E-state index contributed by atoms with van der Waals surface area (Å²) in [5, 5.41) is 4.08. The van der Waals surface area contributed by atoms with Crippen LogP contribution < -0.4 is 5.32 Å². The molecule has 2 fully saturated rings. The third kappa shape index (κ3) is 5.68. The van der Waals surface area contributed by atoms with Crippen LogP contribution in [0.15, 0.2) is 18.2 Å². The summed E-state index contributed by atoms with van der Waals surface area (Å²) in [6, 6.07) is 4.88. The molecule has 1 N–H and O–H groups in total. The smallest absolute Gasteiger partial charge is 0.255 e. The van der Waals surface area contributed by atoms with Gasteiger partial charge in [0, 0.05) is 37.7 Å². The second-order valence-electron chi connectivity index (χ2n) is 8.70. The summed E-state index contributed by atoms with van der Waals surface area (Å²) in [5.41, 5.74) is 0.480. The molecule has 1 aliphatic heterocycles. The minimum atomic E-state index is -0.0899. The number of carbonyl (C=O) groups is 2. The number of rotatable bonds is 7. The molecule has 7 heteroatoms. The van der Waals surface area contributed by atoms with E-state index in [2.05, 4.69) is 24.1 Å². The maximum Gasteiger partial charge on any atom is 0.255 e. The molecule has 0 radical (unpaired) electrons. The van der Waals surface area contributed by atoms with Gasteiger partial charge in [-0.1, -0.05) is 56.3 Å². The van der Waals surface area contributed by atoms with Gasteiger partial charge in [-0.05, 0) is 42.9 Å². The highest BCUT2D eigenvalue weighted by atomic mass is 35.5. The van der Waals surface area contributed by atoms with Gasteiger partial charge >= 0.3 is 0 Å². The first-order chi connectivity index (χ1) is 14.4. The van der Waals surface area contributed by atoms with Crippen molar-refractivity contribution in [3.8, 4) is 0 Å². The fourth-order valence-corrected chi connectivity index (χ4v) is 5.00. The van der Waals surface area contributed by atoms with E-state index in [1.54, 1.807) is 18.2 Å². The van der Waals surface area contributed by atoms with E-state index in [1.807, 2.05) is 4.90 Å². The molecule has 2 aliphatic rings. The van der Waals surface area contributed by atoms with Gasteiger partial charge in [0.05, 0.1) is 16.6 Å². The number of hydrogen-bond donors (Lipinski definition) is 1. The first-order valence-corrected chi connectivity index (χ1v) is 11.9. The Hall–Kier alpha value is -1.30.